The first-order valence-electron chi connectivity index (χ1n) is 7.21. The number of aryl methyl sites for hydroxylation is 1. The Morgan fingerprint density at radius 1 is 1.38 bits per heavy atom. The highest BCUT2D eigenvalue weighted by Crippen LogP contribution is 2.13. The van der Waals surface area contributed by atoms with Crippen LogP contribution in [0.1, 0.15) is 35.0 Å². The van der Waals surface area contributed by atoms with Crippen molar-refractivity contribution in [3.05, 3.63) is 47.3 Å². The van der Waals surface area contributed by atoms with Crippen LogP contribution in [-0.4, -0.2) is 22.2 Å². The average Bonchev–Trinajstić information content (AvgIpc) is 2.80. The number of aromatic nitrogens is 2. The van der Waals surface area contributed by atoms with Gasteiger partial charge < -0.3 is 10.6 Å². The predicted octanol–water partition coefficient (Wildman–Crippen LogP) is 2.48. The van der Waals surface area contributed by atoms with Gasteiger partial charge in [0.1, 0.15) is 0 Å². The third-order valence-corrected chi connectivity index (χ3v) is 3.42. The van der Waals surface area contributed by atoms with Gasteiger partial charge in [-0.25, -0.2) is 0 Å². The minimum Gasteiger partial charge on any atom is -0.322 e. The van der Waals surface area contributed by atoms with E-state index in [1.807, 2.05) is 38.2 Å². The number of amides is 1. The summed E-state index contributed by atoms with van der Waals surface area (Å²) in [6.45, 7) is 5.82. The summed E-state index contributed by atoms with van der Waals surface area (Å²) in [5.41, 5.74) is 3.42. The van der Waals surface area contributed by atoms with Crippen molar-refractivity contribution in [1.29, 1.82) is 0 Å². The van der Waals surface area contributed by atoms with Gasteiger partial charge in [0.25, 0.3) is 5.91 Å². The van der Waals surface area contributed by atoms with E-state index in [0.717, 1.165) is 36.5 Å². The summed E-state index contributed by atoms with van der Waals surface area (Å²) in [6, 6.07) is 7.89. The molecule has 0 aliphatic heterocycles. The fourth-order valence-corrected chi connectivity index (χ4v) is 2.09. The Balaban J connectivity index is 2.04. The average molecular weight is 286 g/mol. The zero-order valence-corrected chi connectivity index (χ0v) is 12.8. The third-order valence-electron chi connectivity index (χ3n) is 3.42. The molecule has 0 fully saturated rings. The molecule has 0 saturated carbocycles. The number of nitrogens with zero attached hydrogens (tertiary/aromatic N) is 2. The second kappa shape index (κ2) is 7.04. The molecule has 0 bridgehead atoms. The minimum atomic E-state index is -0.126. The number of carbonyl (C=O) groups excluding carboxylic acids is 1. The van der Waals surface area contributed by atoms with Gasteiger partial charge >= 0.3 is 0 Å². The monoisotopic (exact) mass is 286 g/mol. The minimum absolute atomic E-state index is 0.126. The number of benzene rings is 1. The maximum Gasteiger partial charge on any atom is 0.259 e. The Morgan fingerprint density at radius 3 is 2.86 bits per heavy atom. The molecule has 0 unspecified atom stereocenters. The van der Waals surface area contributed by atoms with Crippen LogP contribution in [0.5, 0.6) is 0 Å². The molecule has 5 nitrogen and oxygen atoms in total. The van der Waals surface area contributed by atoms with E-state index in [1.54, 1.807) is 10.9 Å². The van der Waals surface area contributed by atoms with Gasteiger partial charge in [0.05, 0.1) is 11.8 Å². The van der Waals surface area contributed by atoms with Crippen molar-refractivity contribution in [2.45, 2.75) is 26.8 Å². The first kappa shape index (κ1) is 15.3. The molecule has 112 valence electrons. The number of hydrogen-bond acceptors (Lipinski definition) is 3. The zero-order chi connectivity index (χ0) is 15.2. The standard InChI is InChI=1S/C16H22N4O/c1-4-8-17-10-13-6-5-7-14(9-13)19-16(21)15-11-18-20(3)12(15)2/h5-7,9,11,17H,4,8,10H2,1-3H3,(H,19,21). The van der Waals surface area contributed by atoms with Crippen molar-refractivity contribution in [1.82, 2.24) is 15.1 Å². The molecule has 0 aliphatic rings. The molecule has 2 rings (SSSR count). The summed E-state index contributed by atoms with van der Waals surface area (Å²) in [7, 11) is 1.83. The lowest BCUT2D eigenvalue weighted by atomic mass is 10.2. The second-order valence-corrected chi connectivity index (χ2v) is 5.10. The highest BCUT2D eigenvalue weighted by molar-refractivity contribution is 6.04. The Hall–Kier alpha value is -2.14. The van der Waals surface area contributed by atoms with Gasteiger partial charge in [0, 0.05) is 25.0 Å². The quantitative estimate of drug-likeness (QED) is 0.802. The van der Waals surface area contributed by atoms with Gasteiger partial charge in [-0.1, -0.05) is 19.1 Å². The highest BCUT2D eigenvalue weighted by atomic mass is 16.1. The van der Waals surface area contributed by atoms with Crippen LogP contribution in [0.2, 0.25) is 0 Å². The fraction of sp³-hybridized carbons (Fsp3) is 0.375. The van der Waals surface area contributed by atoms with Gasteiger partial charge in [-0.3, -0.25) is 9.48 Å². The molecule has 21 heavy (non-hydrogen) atoms. The van der Waals surface area contributed by atoms with E-state index in [1.165, 1.54) is 0 Å². The van der Waals surface area contributed by atoms with Crippen LogP contribution in [0.3, 0.4) is 0 Å². The van der Waals surface area contributed by atoms with E-state index in [9.17, 15) is 4.79 Å². The van der Waals surface area contributed by atoms with Crippen LogP contribution in [0.4, 0.5) is 5.69 Å². The molecule has 0 aliphatic carbocycles. The summed E-state index contributed by atoms with van der Waals surface area (Å²) in [5, 5.41) is 10.4. The molecule has 0 atom stereocenters. The largest absolute Gasteiger partial charge is 0.322 e. The molecule has 1 aromatic carbocycles. The van der Waals surface area contributed by atoms with Gasteiger partial charge in [-0.15, -0.1) is 0 Å². The Kier molecular flexibility index (Phi) is 5.11. The van der Waals surface area contributed by atoms with E-state index < -0.39 is 0 Å². The maximum absolute atomic E-state index is 12.2. The first-order valence-corrected chi connectivity index (χ1v) is 7.21. The van der Waals surface area contributed by atoms with Gasteiger partial charge in [-0.2, -0.15) is 5.10 Å². The van der Waals surface area contributed by atoms with Crippen molar-refractivity contribution in [2.75, 3.05) is 11.9 Å². The van der Waals surface area contributed by atoms with Crippen LogP contribution in [-0.2, 0) is 13.6 Å². The number of rotatable bonds is 6. The molecular weight excluding hydrogens is 264 g/mol. The van der Waals surface area contributed by atoms with Crippen LogP contribution in [0.25, 0.3) is 0 Å². The van der Waals surface area contributed by atoms with Crippen LogP contribution in [0.15, 0.2) is 30.5 Å². The van der Waals surface area contributed by atoms with Crippen LogP contribution >= 0.6 is 0 Å². The zero-order valence-electron chi connectivity index (χ0n) is 12.8. The van der Waals surface area contributed by atoms with E-state index in [0.29, 0.717) is 5.56 Å². The maximum atomic E-state index is 12.2. The van der Waals surface area contributed by atoms with Gasteiger partial charge in [-0.05, 0) is 37.6 Å². The third kappa shape index (κ3) is 3.92. The van der Waals surface area contributed by atoms with Crippen LogP contribution in [0, 0.1) is 6.92 Å². The van der Waals surface area contributed by atoms with E-state index in [4.69, 9.17) is 0 Å². The van der Waals surface area contributed by atoms with E-state index in [2.05, 4.69) is 22.7 Å². The molecule has 1 heterocycles. The summed E-state index contributed by atoms with van der Waals surface area (Å²) < 4.78 is 1.69. The number of nitrogens with one attached hydrogen (secondary N) is 2. The lowest BCUT2D eigenvalue weighted by molar-refractivity contribution is 0.102. The van der Waals surface area contributed by atoms with E-state index >= 15 is 0 Å². The topological polar surface area (TPSA) is 58.9 Å². The van der Waals surface area contributed by atoms with Crippen LogP contribution < -0.4 is 10.6 Å². The summed E-state index contributed by atoms with van der Waals surface area (Å²) in [4.78, 5) is 12.2. The van der Waals surface area contributed by atoms with Crippen molar-refractivity contribution in [2.24, 2.45) is 7.05 Å². The summed E-state index contributed by atoms with van der Waals surface area (Å²) in [5.74, 6) is -0.126. The molecule has 1 aromatic heterocycles. The lowest BCUT2D eigenvalue weighted by Gasteiger charge is -2.08. The summed E-state index contributed by atoms with van der Waals surface area (Å²) >= 11 is 0. The smallest absolute Gasteiger partial charge is 0.259 e. The number of carbonyl (C=O) groups is 1. The first-order chi connectivity index (χ1) is 10.1. The van der Waals surface area contributed by atoms with Crippen molar-refractivity contribution in [3.8, 4) is 0 Å². The van der Waals surface area contributed by atoms with Gasteiger partial charge in [0.15, 0.2) is 0 Å². The number of anilines is 1. The van der Waals surface area contributed by atoms with Gasteiger partial charge in [0.2, 0.25) is 0 Å². The molecule has 0 spiro atoms. The molecule has 2 aromatic rings. The molecule has 0 radical (unpaired) electrons. The Labute approximate surface area is 125 Å². The molecule has 5 heteroatoms. The lowest BCUT2D eigenvalue weighted by Crippen LogP contribution is -2.15. The second-order valence-electron chi connectivity index (χ2n) is 5.10. The summed E-state index contributed by atoms with van der Waals surface area (Å²) in [6.07, 6.45) is 2.70. The molecule has 1 amide bonds. The SMILES string of the molecule is CCCNCc1cccc(NC(=O)c2cnn(C)c2C)c1. The fourth-order valence-electron chi connectivity index (χ4n) is 2.09. The highest BCUT2D eigenvalue weighted by Gasteiger charge is 2.12. The number of hydrogen-bond donors (Lipinski definition) is 2. The van der Waals surface area contributed by atoms with Crippen molar-refractivity contribution >= 4 is 11.6 Å². The molecule has 2 N–H and O–H groups in total. The molecule has 0 saturated heterocycles. The Morgan fingerprint density at radius 2 is 2.19 bits per heavy atom. The molecular formula is C16H22N4O. The normalized spacial score (nSPS) is 10.6. The Bertz CT molecular complexity index is 618. The van der Waals surface area contributed by atoms with Crippen molar-refractivity contribution in [3.63, 3.8) is 0 Å². The van der Waals surface area contributed by atoms with Crippen molar-refractivity contribution < 1.29 is 4.79 Å². The predicted molar refractivity (Wildman–Crippen MR) is 84.3 cm³/mol. The van der Waals surface area contributed by atoms with E-state index in [-0.39, 0.29) is 5.91 Å².